The van der Waals surface area contributed by atoms with E-state index in [4.69, 9.17) is 11.6 Å². The summed E-state index contributed by atoms with van der Waals surface area (Å²) in [4.78, 5) is 22.1. The maximum absolute atomic E-state index is 12.1. The lowest BCUT2D eigenvalue weighted by Crippen LogP contribution is -2.12. The third-order valence-electron chi connectivity index (χ3n) is 2.70. The van der Waals surface area contributed by atoms with Crippen LogP contribution in [0.3, 0.4) is 0 Å². The Morgan fingerprint density at radius 1 is 1.35 bits per heavy atom. The summed E-state index contributed by atoms with van der Waals surface area (Å²) in [7, 11) is 0. The first-order valence-corrected chi connectivity index (χ1v) is 6.95. The van der Waals surface area contributed by atoms with E-state index in [-0.39, 0.29) is 10.6 Å². The number of benzene rings is 1. The van der Waals surface area contributed by atoms with E-state index in [1.54, 1.807) is 6.07 Å². The summed E-state index contributed by atoms with van der Waals surface area (Å²) >= 11 is 7.02. The topological polar surface area (TPSA) is 72.2 Å². The van der Waals surface area contributed by atoms with E-state index in [0.717, 1.165) is 22.5 Å². The van der Waals surface area contributed by atoms with Crippen molar-refractivity contribution in [2.45, 2.75) is 13.8 Å². The minimum Gasteiger partial charge on any atom is -0.320 e. The predicted octanol–water partition coefficient (Wildman–Crippen LogP) is 4.18. The maximum Gasteiger partial charge on any atom is 0.324 e. The Hall–Kier alpha value is -1.92. The van der Waals surface area contributed by atoms with Crippen LogP contribution in [0.4, 0.5) is 10.7 Å². The second-order valence-corrected chi connectivity index (χ2v) is 5.62. The molecule has 2 aromatic rings. The van der Waals surface area contributed by atoms with Gasteiger partial charge in [0, 0.05) is 11.4 Å². The number of halogens is 1. The normalized spacial score (nSPS) is 10.3. The Morgan fingerprint density at radius 2 is 2.05 bits per heavy atom. The fraction of sp³-hybridized carbons (Fsp3) is 0.154. The molecule has 0 aliphatic heterocycles. The van der Waals surface area contributed by atoms with Crippen molar-refractivity contribution in [2.24, 2.45) is 0 Å². The van der Waals surface area contributed by atoms with Gasteiger partial charge < -0.3 is 5.32 Å². The van der Waals surface area contributed by atoms with Crippen molar-refractivity contribution in [2.75, 3.05) is 5.32 Å². The van der Waals surface area contributed by atoms with E-state index < -0.39 is 10.8 Å². The number of carbonyl (C=O) groups excluding carboxylic acids is 1. The quantitative estimate of drug-likeness (QED) is 0.682. The molecule has 0 atom stereocenters. The lowest BCUT2D eigenvalue weighted by Gasteiger charge is -2.10. The van der Waals surface area contributed by atoms with Crippen molar-refractivity contribution in [3.05, 3.63) is 55.4 Å². The molecule has 0 saturated heterocycles. The van der Waals surface area contributed by atoms with Crippen LogP contribution in [-0.2, 0) is 0 Å². The number of hydrogen-bond donors (Lipinski definition) is 1. The summed E-state index contributed by atoms with van der Waals surface area (Å²) in [5.41, 5.74) is 2.61. The van der Waals surface area contributed by atoms with Crippen molar-refractivity contribution in [3.8, 4) is 0 Å². The van der Waals surface area contributed by atoms with E-state index in [1.807, 2.05) is 19.9 Å². The number of rotatable bonds is 3. The van der Waals surface area contributed by atoms with E-state index in [9.17, 15) is 14.9 Å². The van der Waals surface area contributed by atoms with Gasteiger partial charge in [0.15, 0.2) is 0 Å². The van der Waals surface area contributed by atoms with Gasteiger partial charge in [-0.25, -0.2) is 0 Å². The number of hydrogen-bond acceptors (Lipinski definition) is 4. The van der Waals surface area contributed by atoms with E-state index in [2.05, 4.69) is 5.32 Å². The molecule has 2 rings (SSSR count). The van der Waals surface area contributed by atoms with Gasteiger partial charge in [0.2, 0.25) is 0 Å². The van der Waals surface area contributed by atoms with Crippen LogP contribution in [0.5, 0.6) is 0 Å². The lowest BCUT2D eigenvalue weighted by atomic mass is 10.1. The van der Waals surface area contributed by atoms with Gasteiger partial charge in [-0.15, -0.1) is 0 Å². The number of anilines is 1. The van der Waals surface area contributed by atoms with Gasteiger partial charge in [-0.3, -0.25) is 14.9 Å². The fourth-order valence-corrected chi connectivity index (χ4v) is 2.87. The first kappa shape index (κ1) is 14.5. The van der Waals surface area contributed by atoms with Crippen LogP contribution in [0, 0.1) is 24.0 Å². The molecular formula is C13H11ClN2O3S. The number of nitrogens with zero attached hydrogens (tertiary/aromatic N) is 1. The summed E-state index contributed by atoms with van der Waals surface area (Å²) in [6, 6.07) is 4.90. The average Bonchev–Trinajstić information content (AvgIpc) is 2.83. The third-order valence-corrected chi connectivity index (χ3v) is 3.88. The number of aryl methyl sites for hydroxylation is 2. The van der Waals surface area contributed by atoms with E-state index in [1.165, 1.54) is 11.4 Å². The minimum atomic E-state index is -0.522. The fourth-order valence-electron chi connectivity index (χ4n) is 1.80. The Bertz CT molecular complexity index is 674. The van der Waals surface area contributed by atoms with Gasteiger partial charge in [0.05, 0.1) is 21.2 Å². The second-order valence-electron chi connectivity index (χ2n) is 4.32. The Kier molecular flexibility index (Phi) is 4.06. The van der Waals surface area contributed by atoms with Crippen LogP contribution in [0.25, 0.3) is 0 Å². The summed E-state index contributed by atoms with van der Waals surface area (Å²) in [5, 5.41) is 15.1. The van der Waals surface area contributed by atoms with Gasteiger partial charge in [-0.1, -0.05) is 29.0 Å². The highest BCUT2D eigenvalue weighted by Crippen LogP contribution is 2.29. The van der Waals surface area contributed by atoms with Crippen LogP contribution in [-0.4, -0.2) is 10.8 Å². The van der Waals surface area contributed by atoms with Gasteiger partial charge in [0.1, 0.15) is 0 Å². The molecule has 0 aliphatic rings. The molecule has 0 unspecified atom stereocenters. The summed E-state index contributed by atoms with van der Waals surface area (Å²) < 4.78 is 0. The molecule has 1 aromatic carbocycles. The molecule has 7 heteroatoms. The predicted molar refractivity (Wildman–Crippen MR) is 79.9 cm³/mol. The first-order valence-electron chi connectivity index (χ1n) is 5.69. The number of carbonyl (C=O) groups is 1. The molecular weight excluding hydrogens is 300 g/mol. The zero-order valence-corrected chi connectivity index (χ0v) is 12.3. The average molecular weight is 311 g/mol. The van der Waals surface area contributed by atoms with Crippen molar-refractivity contribution in [3.63, 3.8) is 0 Å². The summed E-state index contributed by atoms with van der Waals surface area (Å²) in [6.07, 6.45) is 0. The molecule has 0 spiro atoms. The molecule has 0 bridgehead atoms. The second kappa shape index (κ2) is 5.60. The lowest BCUT2D eigenvalue weighted by molar-refractivity contribution is -0.380. The molecule has 5 nitrogen and oxygen atoms in total. The van der Waals surface area contributed by atoms with Crippen molar-refractivity contribution in [1.29, 1.82) is 0 Å². The van der Waals surface area contributed by atoms with Crippen LogP contribution >= 0.6 is 22.9 Å². The number of amides is 1. The molecule has 0 fully saturated rings. The molecule has 1 aromatic heterocycles. The highest BCUT2D eigenvalue weighted by molar-refractivity contribution is 7.13. The maximum atomic E-state index is 12.1. The summed E-state index contributed by atoms with van der Waals surface area (Å²) in [6.45, 7) is 3.75. The van der Waals surface area contributed by atoms with Crippen LogP contribution in [0.1, 0.15) is 21.5 Å². The van der Waals surface area contributed by atoms with Crippen molar-refractivity contribution < 1.29 is 9.72 Å². The van der Waals surface area contributed by atoms with Crippen LogP contribution in [0.2, 0.25) is 5.02 Å². The smallest absolute Gasteiger partial charge is 0.320 e. The zero-order chi connectivity index (χ0) is 14.9. The molecule has 1 heterocycles. The van der Waals surface area contributed by atoms with Gasteiger partial charge in [-0.05, 0) is 31.0 Å². The highest BCUT2D eigenvalue weighted by atomic mass is 35.5. The number of nitro groups is 1. The monoisotopic (exact) mass is 310 g/mol. The number of thiophene rings is 1. The minimum absolute atomic E-state index is 0.0677. The van der Waals surface area contributed by atoms with Crippen LogP contribution < -0.4 is 5.32 Å². The van der Waals surface area contributed by atoms with E-state index >= 15 is 0 Å². The molecule has 104 valence electrons. The Balaban J connectivity index is 2.25. The molecule has 20 heavy (non-hydrogen) atoms. The first-order chi connectivity index (χ1) is 9.38. The third kappa shape index (κ3) is 2.97. The zero-order valence-electron chi connectivity index (χ0n) is 10.8. The molecule has 0 radical (unpaired) electrons. The van der Waals surface area contributed by atoms with Gasteiger partial charge in [-0.2, -0.15) is 0 Å². The molecule has 0 saturated carbocycles. The van der Waals surface area contributed by atoms with Crippen molar-refractivity contribution in [1.82, 2.24) is 0 Å². The largest absolute Gasteiger partial charge is 0.324 e. The Morgan fingerprint density at radius 3 is 2.60 bits per heavy atom. The van der Waals surface area contributed by atoms with E-state index in [0.29, 0.717) is 10.7 Å². The SMILES string of the molecule is Cc1cc(C)c(NC(=O)c2csc([N+](=O)[O-])c2)c(Cl)c1. The highest BCUT2D eigenvalue weighted by Gasteiger charge is 2.16. The van der Waals surface area contributed by atoms with Gasteiger partial charge >= 0.3 is 5.00 Å². The number of nitrogens with one attached hydrogen (secondary N) is 1. The Labute approximate surface area is 124 Å². The molecule has 1 N–H and O–H groups in total. The summed E-state index contributed by atoms with van der Waals surface area (Å²) in [5.74, 6) is -0.414. The van der Waals surface area contributed by atoms with Crippen molar-refractivity contribution >= 4 is 39.5 Å². The van der Waals surface area contributed by atoms with Crippen LogP contribution in [0.15, 0.2) is 23.6 Å². The standard InChI is InChI=1S/C13H11ClN2O3S/c1-7-3-8(2)12(10(14)4-7)15-13(17)9-5-11(16(18)19)20-6-9/h3-6H,1-2H3,(H,15,17). The molecule has 1 amide bonds. The molecule has 0 aliphatic carbocycles. The van der Waals surface area contributed by atoms with Gasteiger partial charge in [0.25, 0.3) is 5.91 Å².